The Balaban J connectivity index is 1.68. The number of rotatable bonds is 3. The number of carbonyl (C=O) groups excluding carboxylic acids is 1. The second kappa shape index (κ2) is 6.01. The van der Waals surface area contributed by atoms with E-state index in [1.165, 1.54) is 41.9 Å². The highest BCUT2D eigenvalue weighted by Gasteiger charge is 2.28. The number of aryl methyl sites for hydroxylation is 1. The third-order valence-electron chi connectivity index (χ3n) is 4.67. The smallest absolute Gasteiger partial charge is 0.175 e. The second-order valence-corrected chi connectivity index (χ2v) is 8.09. The van der Waals surface area contributed by atoms with E-state index < -0.39 is 0 Å². The molecule has 1 aromatic heterocycles. The Bertz CT molecular complexity index is 432. The fraction of sp³-hybridized carbons (Fsp3) is 0.688. The maximum absolute atomic E-state index is 12.6. The summed E-state index contributed by atoms with van der Waals surface area (Å²) in [5, 5.41) is 0. The molecular weight excluding hydrogens is 272 g/mol. The van der Waals surface area contributed by atoms with E-state index in [0.717, 1.165) is 29.4 Å². The molecule has 0 N–H and O–H groups in total. The number of ketones is 1. The van der Waals surface area contributed by atoms with Crippen molar-refractivity contribution >= 4 is 28.9 Å². The van der Waals surface area contributed by atoms with E-state index in [9.17, 15) is 4.79 Å². The average molecular weight is 294 g/mol. The number of thioether (sulfide) groups is 1. The Morgan fingerprint density at radius 1 is 1.32 bits per heavy atom. The minimum absolute atomic E-state index is 0.315. The van der Waals surface area contributed by atoms with E-state index in [4.69, 9.17) is 0 Å². The third kappa shape index (κ3) is 2.92. The van der Waals surface area contributed by atoms with Crippen LogP contribution in [0.3, 0.4) is 0 Å². The van der Waals surface area contributed by atoms with Crippen molar-refractivity contribution < 1.29 is 4.79 Å². The highest BCUT2D eigenvalue weighted by molar-refractivity contribution is 7.98. The first-order valence-electron chi connectivity index (χ1n) is 7.51. The van der Waals surface area contributed by atoms with Crippen molar-refractivity contribution in [1.29, 1.82) is 0 Å². The van der Waals surface area contributed by atoms with Gasteiger partial charge in [0.15, 0.2) is 5.78 Å². The molecule has 0 amide bonds. The molecule has 1 saturated carbocycles. The molecule has 3 rings (SSSR count). The van der Waals surface area contributed by atoms with Gasteiger partial charge < -0.3 is 0 Å². The van der Waals surface area contributed by atoms with Crippen LogP contribution < -0.4 is 0 Å². The van der Waals surface area contributed by atoms with Crippen molar-refractivity contribution in [1.82, 2.24) is 0 Å². The summed E-state index contributed by atoms with van der Waals surface area (Å²) in [6.45, 7) is 2.28. The number of fused-ring (bicyclic) bond motifs is 1. The molecule has 3 heteroatoms. The van der Waals surface area contributed by atoms with Crippen molar-refractivity contribution in [2.45, 2.75) is 51.2 Å². The normalized spacial score (nSPS) is 27.0. The van der Waals surface area contributed by atoms with Crippen LogP contribution >= 0.6 is 23.1 Å². The van der Waals surface area contributed by atoms with Gasteiger partial charge in [-0.3, -0.25) is 4.79 Å². The van der Waals surface area contributed by atoms with Crippen LogP contribution in [0.2, 0.25) is 0 Å². The molecule has 2 aliphatic rings. The van der Waals surface area contributed by atoms with Crippen molar-refractivity contribution in [3.05, 3.63) is 21.4 Å². The lowest BCUT2D eigenvalue weighted by atomic mass is 9.79. The summed E-state index contributed by atoms with van der Waals surface area (Å²) in [6, 6.07) is 2.19. The van der Waals surface area contributed by atoms with Crippen LogP contribution in [0.4, 0.5) is 0 Å². The number of Topliss-reactive ketones (excluding diaryl/α,β-unsaturated/α-hetero) is 1. The molecule has 0 spiro atoms. The number of hydrogen-bond acceptors (Lipinski definition) is 3. The third-order valence-corrected chi connectivity index (χ3v) is 6.92. The van der Waals surface area contributed by atoms with Gasteiger partial charge in [-0.05, 0) is 55.4 Å². The van der Waals surface area contributed by atoms with E-state index >= 15 is 0 Å². The topological polar surface area (TPSA) is 17.1 Å². The van der Waals surface area contributed by atoms with E-state index in [0.29, 0.717) is 11.7 Å². The van der Waals surface area contributed by atoms with E-state index in [1.807, 2.05) is 11.8 Å². The molecule has 0 bridgehead atoms. The van der Waals surface area contributed by atoms with Gasteiger partial charge in [0.05, 0.1) is 4.88 Å². The summed E-state index contributed by atoms with van der Waals surface area (Å²) in [5.41, 5.74) is 1.44. The predicted octanol–water partition coefficient (Wildman–Crippen LogP) is 4.94. The standard InChI is InChI=1S/C16H22OS2/c1-2-11-3-5-12(6-4-11)16(17)15-9-13-10-18-8-7-14(13)19-15/h9,11-12H,2-8,10H2,1H3. The van der Waals surface area contributed by atoms with Crippen LogP contribution in [-0.4, -0.2) is 11.5 Å². The predicted molar refractivity (Wildman–Crippen MR) is 84.3 cm³/mol. The zero-order chi connectivity index (χ0) is 13.2. The summed E-state index contributed by atoms with van der Waals surface area (Å²) in [7, 11) is 0. The van der Waals surface area contributed by atoms with Gasteiger partial charge in [0.2, 0.25) is 0 Å². The van der Waals surface area contributed by atoms with Gasteiger partial charge in [0.25, 0.3) is 0 Å². The van der Waals surface area contributed by atoms with Crippen LogP contribution in [0.5, 0.6) is 0 Å². The fourth-order valence-corrected chi connectivity index (χ4v) is 5.69. The molecule has 0 saturated heterocycles. The lowest BCUT2D eigenvalue weighted by molar-refractivity contribution is 0.0875. The molecule has 0 unspecified atom stereocenters. The largest absolute Gasteiger partial charge is 0.293 e. The lowest BCUT2D eigenvalue weighted by Crippen LogP contribution is -2.21. The molecule has 104 valence electrons. The molecule has 1 fully saturated rings. The van der Waals surface area contributed by atoms with Crippen LogP contribution in [0.25, 0.3) is 0 Å². The van der Waals surface area contributed by atoms with E-state index in [2.05, 4.69) is 13.0 Å². The highest BCUT2D eigenvalue weighted by Crippen LogP contribution is 2.36. The Kier molecular flexibility index (Phi) is 4.33. The van der Waals surface area contributed by atoms with Crippen molar-refractivity contribution in [2.75, 3.05) is 5.75 Å². The first kappa shape index (κ1) is 13.7. The van der Waals surface area contributed by atoms with Crippen LogP contribution in [0, 0.1) is 11.8 Å². The van der Waals surface area contributed by atoms with Gasteiger partial charge in [-0.2, -0.15) is 11.8 Å². The molecule has 1 aromatic rings. The molecule has 1 nitrogen and oxygen atoms in total. The minimum atomic E-state index is 0.315. The molecule has 0 aromatic carbocycles. The zero-order valence-corrected chi connectivity index (χ0v) is 13.2. The molecule has 0 radical (unpaired) electrons. The summed E-state index contributed by atoms with van der Waals surface area (Å²) in [5.74, 6) is 3.97. The van der Waals surface area contributed by atoms with Crippen LogP contribution in [-0.2, 0) is 12.2 Å². The second-order valence-electron chi connectivity index (χ2n) is 5.85. The van der Waals surface area contributed by atoms with Gasteiger partial charge in [0.1, 0.15) is 0 Å². The molecule has 2 heterocycles. The molecule has 19 heavy (non-hydrogen) atoms. The van der Waals surface area contributed by atoms with Gasteiger partial charge >= 0.3 is 0 Å². The Labute approximate surface area is 124 Å². The van der Waals surface area contributed by atoms with Gasteiger partial charge in [-0.25, -0.2) is 0 Å². The Morgan fingerprint density at radius 3 is 2.79 bits per heavy atom. The average Bonchev–Trinajstić information content (AvgIpc) is 2.90. The monoisotopic (exact) mass is 294 g/mol. The summed E-state index contributed by atoms with van der Waals surface area (Å²) in [4.78, 5) is 15.1. The maximum atomic E-state index is 12.6. The Morgan fingerprint density at radius 2 is 2.11 bits per heavy atom. The lowest BCUT2D eigenvalue weighted by Gasteiger charge is -2.26. The SMILES string of the molecule is CCC1CCC(C(=O)c2cc3c(s2)CCSC3)CC1. The number of carbonyl (C=O) groups is 1. The van der Waals surface area contributed by atoms with Crippen molar-refractivity contribution in [3.63, 3.8) is 0 Å². The first-order chi connectivity index (χ1) is 9.28. The minimum Gasteiger partial charge on any atom is -0.293 e. The zero-order valence-electron chi connectivity index (χ0n) is 11.6. The van der Waals surface area contributed by atoms with Gasteiger partial charge in [-0.1, -0.05) is 13.3 Å². The molecular formula is C16H22OS2. The summed E-state index contributed by atoms with van der Waals surface area (Å²) >= 11 is 3.78. The Hall–Kier alpha value is -0.280. The van der Waals surface area contributed by atoms with Crippen molar-refractivity contribution in [3.8, 4) is 0 Å². The maximum Gasteiger partial charge on any atom is 0.175 e. The van der Waals surface area contributed by atoms with Crippen LogP contribution in [0.15, 0.2) is 6.07 Å². The molecule has 1 aliphatic heterocycles. The van der Waals surface area contributed by atoms with Gasteiger partial charge in [0, 0.05) is 16.5 Å². The summed E-state index contributed by atoms with van der Waals surface area (Å²) < 4.78 is 0. The highest BCUT2D eigenvalue weighted by atomic mass is 32.2. The first-order valence-corrected chi connectivity index (χ1v) is 9.48. The quantitative estimate of drug-likeness (QED) is 0.735. The van der Waals surface area contributed by atoms with Crippen molar-refractivity contribution in [2.24, 2.45) is 11.8 Å². The molecule has 0 atom stereocenters. The number of hydrogen-bond donors (Lipinski definition) is 0. The van der Waals surface area contributed by atoms with E-state index in [1.54, 1.807) is 11.3 Å². The summed E-state index contributed by atoms with van der Waals surface area (Å²) in [6.07, 6.45) is 7.21. The number of thiophene rings is 1. The van der Waals surface area contributed by atoms with E-state index in [-0.39, 0.29) is 0 Å². The van der Waals surface area contributed by atoms with Gasteiger partial charge in [-0.15, -0.1) is 11.3 Å². The fourth-order valence-electron chi connectivity index (χ4n) is 3.30. The molecule has 1 aliphatic carbocycles. The van der Waals surface area contributed by atoms with Crippen LogP contribution in [0.1, 0.15) is 59.1 Å².